The number of amides is 8. The fourth-order valence-electron chi connectivity index (χ4n) is 14.3. The van der Waals surface area contributed by atoms with Crippen molar-refractivity contribution in [3.05, 3.63) is 117 Å². The number of phenols is 3. The molecule has 620 valence electrons. The molecule has 0 spiro atoms. The number of fused-ring (bicyclic) bond motifs is 15. The van der Waals surface area contributed by atoms with Gasteiger partial charge in [-0.25, -0.2) is 4.79 Å². The molecular formula is C74H86Cl2N10O29. The zero-order chi connectivity index (χ0) is 83.8. The van der Waals surface area contributed by atoms with Gasteiger partial charge in [0.25, 0.3) is 0 Å². The predicted molar refractivity (Wildman–Crippen MR) is 393 cm³/mol. The van der Waals surface area contributed by atoms with E-state index < -0.39 is 290 Å². The monoisotopic (exact) mass is 1650 g/mol. The minimum atomic E-state index is -2.43. The molecule has 8 aliphatic heterocycles. The lowest BCUT2D eigenvalue weighted by molar-refractivity contribution is -0.332. The Morgan fingerprint density at radius 2 is 1.32 bits per heavy atom. The number of nitrogens with one attached hydrogen (secondary N) is 8. The molecule has 1 unspecified atom stereocenters. The molecule has 13 rings (SSSR count). The number of ether oxygens (including phenoxy) is 8. The van der Waals surface area contributed by atoms with E-state index in [1.54, 1.807) is 13.8 Å². The smallest absolute Gasteiger partial charge is 0.330 e. The first-order chi connectivity index (χ1) is 54.3. The Bertz CT molecular complexity index is 4600. The number of hydrogen-bond donors (Lipinski definition) is 21. The van der Waals surface area contributed by atoms with Crippen molar-refractivity contribution in [3.8, 4) is 57.1 Å². The minimum absolute atomic E-state index is 0.106. The van der Waals surface area contributed by atoms with Gasteiger partial charge in [0.2, 0.25) is 59.3 Å². The molecule has 3 saturated heterocycles. The van der Waals surface area contributed by atoms with Gasteiger partial charge >= 0.3 is 5.97 Å². The summed E-state index contributed by atoms with van der Waals surface area (Å²) in [5.74, 6) is -17.7. The van der Waals surface area contributed by atoms with Gasteiger partial charge in [-0.1, -0.05) is 55.2 Å². The average Bonchev–Trinajstić information content (AvgIpc) is 0.765. The SMILES string of the molecule is CN[C@H](CC(C)C)C(=O)N[C@H]1C(=O)N[C@@H](CC(N)=O)C(=O)N[C@H]2C(=O)N[C@H]3C(=O)NC(C(=O)N[C@@H](C(=O)O)c4cc(O)cc(O)c4-c4cc3ccc4O)[C@H](O[C@H]3C[C@](C)(N)[C@@H](O)[C@H](C)O3)c3ccc(c(Cl)c3)Oc3cc2cc(c3O[C@@H]2O[C@H](CO)[C@@H](O[C@@H]3O[C@H](C=O)[C@H](O)[C@H](O)[C@H]3NC(C)=O)[C@H](O)[C@H]2O)Oc2ccc(cc2Cl)[C@H]1O. The summed E-state index contributed by atoms with van der Waals surface area (Å²) >= 11 is 14.4. The quantitative estimate of drug-likeness (QED) is 0.0461. The molecule has 39 nitrogen and oxygen atoms in total. The second-order valence-corrected chi connectivity index (χ2v) is 30.0. The van der Waals surface area contributed by atoms with E-state index >= 15 is 19.2 Å². The first kappa shape index (κ1) is 85.7. The fourth-order valence-corrected chi connectivity index (χ4v) is 14.8. The number of primary amides is 1. The molecule has 3 fully saturated rings. The van der Waals surface area contributed by atoms with Gasteiger partial charge in [-0.3, -0.25) is 38.4 Å². The zero-order valence-electron chi connectivity index (χ0n) is 61.9. The summed E-state index contributed by atoms with van der Waals surface area (Å²) in [6.07, 6.45) is -27.9. The Kier molecular flexibility index (Phi) is 26.2. The van der Waals surface area contributed by atoms with Crippen LogP contribution in [0.15, 0.2) is 78.9 Å². The van der Waals surface area contributed by atoms with Gasteiger partial charge in [0.15, 0.2) is 36.4 Å². The number of aliphatic hydroxyl groups excluding tert-OH is 7. The van der Waals surface area contributed by atoms with Gasteiger partial charge in [0.1, 0.15) is 120 Å². The Morgan fingerprint density at radius 1 is 0.696 bits per heavy atom. The number of rotatable bonds is 17. The lowest BCUT2D eigenvalue weighted by Crippen LogP contribution is -2.67. The van der Waals surface area contributed by atoms with Gasteiger partial charge < -0.3 is 153 Å². The van der Waals surface area contributed by atoms with Crippen LogP contribution in [0.3, 0.4) is 0 Å². The summed E-state index contributed by atoms with van der Waals surface area (Å²) in [4.78, 5) is 144. The summed E-state index contributed by atoms with van der Waals surface area (Å²) in [6, 6.07) is -2.97. The van der Waals surface area contributed by atoms with Crippen molar-refractivity contribution in [1.82, 2.24) is 42.5 Å². The third-order valence-corrected chi connectivity index (χ3v) is 20.8. The number of hydrogen-bond acceptors (Lipinski definition) is 30. The molecule has 23 N–H and O–H groups in total. The number of carbonyl (C=O) groups excluding carboxylic acids is 9. The number of aromatic hydroxyl groups is 3. The molecule has 0 radical (unpaired) electrons. The van der Waals surface area contributed by atoms with Crippen LogP contribution in [0.2, 0.25) is 10.0 Å². The molecule has 11 bridgehead atoms. The lowest BCUT2D eigenvalue weighted by atomic mass is 9.86. The summed E-state index contributed by atoms with van der Waals surface area (Å²) < 4.78 is 50.3. The molecule has 23 atom stereocenters. The van der Waals surface area contributed by atoms with Crippen LogP contribution in [0, 0.1) is 5.92 Å². The van der Waals surface area contributed by atoms with E-state index in [4.69, 9.17) is 72.6 Å². The molecule has 0 saturated carbocycles. The highest BCUT2D eigenvalue weighted by molar-refractivity contribution is 6.32. The largest absolute Gasteiger partial charge is 0.508 e. The molecule has 5 aromatic carbocycles. The average molecular weight is 1650 g/mol. The molecule has 8 aliphatic rings. The van der Waals surface area contributed by atoms with Gasteiger partial charge in [-0.15, -0.1) is 0 Å². The van der Waals surface area contributed by atoms with Crippen molar-refractivity contribution in [2.45, 2.75) is 194 Å². The number of carboxylic acids is 1. The van der Waals surface area contributed by atoms with Crippen LogP contribution < -0.4 is 68.2 Å². The van der Waals surface area contributed by atoms with E-state index in [-0.39, 0.29) is 36.2 Å². The van der Waals surface area contributed by atoms with Crippen LogP contribution in [0.5, 0.6) is 46.0 Å². The molecule has 0 aliphatic carbocycles. The Morgan fingerprint density at radius 3 is 1.92 bits per heavy atom. The van der Waals surface area contributed by atoms with Gasteiger partial charge in [0.05, 0.1) is 41.3 Å². The number of likely N-dealkylation sites (N-methyl/N-ethyl adjacent to an activating group) is 1. The minimum Gasteiger partial charge on any atom is -0.508 e. The number of halogens is 2. The van der Waals surface area contributed by atoms with E-state index in [1.165, 1.54) is 33.0 Å². The van der Waals surface area contributed by atoms with Gasteiger partial charge in [-0.2, -0.15) is 0 Å². The van der Waals surface area contributed by atoms with Gasteiger partial charge in [0, 0.05) is 41.6 Å². The van der Waals surface area contributed by atoms with Crippen molar-refractivity contribution >= 4 is 82.7 Å². The lowest BCUT2D eigenvalue weighted by Gasteiger charge is -2.46. The highest BCUT2D eigenvalue weighted by Crippen LogP contribution is 2.50. The topological polar surface area (TPSA) is 615 Å². The molecule has 0 aromatic heterocycles. The molecule has 8 heterocycles. The van der Waals surface area contributed by atoms with Crippen LogP contribution in [0.4, 0.5) is 0 Å². The summed E-state index contributed by atoms with van der Waals surface area (Å²) in [5.41, 5.74) is 7.85. The van der Waals surface area contributed by atoms with Crippen LogP contribution in [0.1, 0.15) is 112 Å². The number of aliphatic carboxylic acids is 1. The van der Waals surface area contributed by atoms with Crippen LogP contribution in [0.25, 0.3) is 11.1 Å². The fraction of sp³-hybridized carbons (Fsp3) is 0.459. The van der Waals surface area contributed by atoms with E-state index in [0.717, 1.165) is 73.7 Å². The van der Waals surface area contributed by atoms with Crippen LogP contribution in [-0.2, 0) is 71.6 Å². The van der Waals surface area contributed by atoms with Crippen molar-refractivity contribution in [2.24, 2.45) is 17.4 Å². The molecule has 5 aromatic rings. The number of aliphatic hydroxyl groups is 7. The van der Waals surface area contributed by atoms with Gasteiger partial charge in [-0.05, 0) is 110 Å². The zero-order valence-corrected chi connectivity index (χ0v) is 63.4. The van der Waals surface area contributed by atoms with E-state index in [1.807, 2.05) is 0 Å². The first-order valence-corrected chi connectivity index (χ1v) is 36.7. The highest BCUT2D eigenvalue weighted by atomic mass is 35.5. The highest BCUT2D eigenvalue weighted by Gasteiger charge is 2.54. The number of nitrogens with two attached hydrogens (primary N) is 2. The third kappa shape index (κ3) is 18.4. The predicted octanol–water partition coefficient (Wildman–Crippen LogP) is -1.72. The number of benzene rings is 5. The van der Waals surface area contributed by atoms with Crippen LogP contribution >= 0.6 is 23.2 Å². The first-order valence-electron chi connectivity index (χ1n) is 36.0. The van der Waals surface area contributed by atoms with Crippen molar-refractivity contribution in [1.29, 1.82) is 0 Å². The Hall–Kier alpha value is -10.2. The number of phenolic OH excluding ortho intramolecular Hbond substituents is 3. The maximum Gasteiger partial charge on any atom is 0.330 e. The maximum atomic E-state index is 16.3. The number of carboxylic acid groups (broad SMARTS) is 1. The summed E-state index contributed by atoms with van der Waals surface area (Å²) in [7, 11) is 1.45. The second kappa shape index (κ2) is 35.1. The Balaban J connectivity index is 1.16. The number of carbonyl (C=O) groups is 10. The summed E-state index contributed by atoms with van der Waals surface area (Å²) in [5, 5.41) is 145. The molecular weight excluding hydrogens is 1560 g/mol. The standard InChI is InChI=1S/C74H86Cl2N10O29/c1-25(2)13-37(79-6)65(100)85-53-56(94)29-8-11-41(35(75)15-29)109-43-17-31-18-44(62(43)114-73-60(98)59(97)63(46(24-88)112-73)115-72-54(80-27(4)89)58(96)57(95)45(23-87)111-72)110-42-12-9-30(16-36(42)76)61(113-48-22-74(5,78)64(99)26(3)108-48)55-70(105)84-52(71(106)107)34-19-32(90)20-40(92)49(34)33-14-28(7-10-39(33)91)50(67(102)86-55)83-68(103)51(31)82-66(101)38(21-47(77)93)81-69(53)104/h7-12,14-20,23,25-26,37-38,45-46,48,50-61,63-64,72-73,79,88,90-92,94-99H,13,21-22,24,78H2,1-6H3,(H2,77,93)(H,80,89)(H,81,104)(H,82,101)(H,83,103)(H,84,105)(H,85,100)(H,86,102)(H,106,107)/t26-,37+,38-,45+,46+,48-,50+,51+,52+,53+,54+,55?,56+,57-,58+,59+,60+,61+,63+,64-,72-,73-,74-/m0/s1. The molecule has 8 amide bonds. The summed E-state index contributed by atoms with van der Waals surface area (Å²) in [6.45, 7) is 6.37. The maximum absolute atomic E-state index is 16.3. The van der Waals surface area contributed by atoms with Crippen molar-refractivity contribution < 1.29 is 142 Å². The van der Waals surface area contributed by atoms with E-state index in [2.05, 4.69) is 42.5 Å². The normalized spacial score (nSPS) is 31.2. The second-order valence-electron chi connectivity index (χ2n) is 29.1. The third-order valence-electron chi connectivity index (χ3n) is 20.2. The molecule has 41 heteroatoms. The van der Waals surface area contributed by atoms with Crippen molar-refractivity contribution in [3.63, 3.8) is 0 Å². The number of aldehydes is 1. The van der Waals surface area contributed by atoms with Crippen LogP contribution in [-0.4, -0.2) is 239 Å². The van der Waals surface area contributed by atoms with E-state index in [9.17, 15) is 84.9 Å². The van der Waals surface area contributed by atoms with E-state index in [0.29, 0.717) is 0 Å². The van der Waals surface area contributed by atoms with Crippen molar-refractivity contribution in [2.75, 3.05) is 13.7 Å². The molecule has 115 heavy (non-hydrogen) atoms. The Labute approximate surface area is 663 Å².